The summed E-state index contributed by atoms with van der Waals surface area (Å²) < 4.78 is 0. The molecule has 3 aromatic rings. The predicted octanol–water partition coefficient (Wildman–Crippen LogP) is 4.50. The molecule has 0 aromatic heterocycles. The quantitative estimate of drug-likeness (QED) is 0.647. The molecule has 0 aliphatic rings. The molecule has 28 heavy (non-hydrogen) atoms. The van der Waals surface area contributed by atoms with Crippen molar-refractivity contribution in [3.05, 3.63) is 106 Å². The highest BCUT2D eigenvalue weighted by molar-refractivity contribution is 5.35. The SMILES string of the molecule is N#Cc1cccc(CN(Cc2cccc(C#N)c2)Cc2cccc(C#N)c2)c1. The Labute approximate surface area is 165 Å². The second kappa shape index (κ2) is 9.15. The second-order valence-corrected chi connectivity index (χ2v) is 6.58. The van der Waals surface area contributed by atoms with Gasteiger partial charge in [0, 0.05) is 19.6 Å². The van der Waals surface area contributed by atoms with E-state index in [1.807, 2.05) is 54.6 Å². The summed E-state index contributed by atoms with van der Waals surface area (Å²) in [5.41, 5.74) is 5.05. The molecule has 0 spiro atoms. The third kappa shape index (κ3) is 5.05. The summed E-state index contributed by atoms with van der Waals surface area (Å²) in [7, 11) is 0. The van der Waals surface area contributed by atoms with Crippen molar-refractivity contribution in [3.8, 4) is 18.2 Å². The first-order valence-electron chi connectivity index (χ1n) is 8.89. The number of nitriles is 3. The van der Waals surface area contributed by atoms with Crippen molar-refractivity contribution < 1.29 is 0 Å². The summed E-state index contributed by atoms with van der Waals surface area (Å²) in [5, 5.41) is 27.5. The minimum absolute atomic E-state index is 0.635. The molecule has 0 aliphatic carbocycles. The molecule has 0 unspecified atom stereocenters. The van der Waals surface area contributed by atoms with Gasteiger partial charge in [-0.05, 0) is 53.1 Å². The first kappa shape index (κ1) is 18.9. The highest BCUT2D eigenvalue weighted by Crippen LogP contribution is 2.16. The summed E-state index contributed by atoms with van der Waals surface area (Å²) in [6.07, 6.45) is 0. The maximum absolute atomic E-state index is 9.16. The molecule has 4 nitrogen and oxygen atoms in total. The van der Waals surface area contributed by atoms with Gasteiger partial charge in [0.2, 0.25) is 0 Å². The Bertz CT molecular complexity index is 955. The van der Waals surface area contributed by atoms with Crippen LogP contribution < -0.4 is 0 Å². The van der Waals surface area contributed by atoms with Crippen molar-refractivity contribution in [3.63, 3.8) is 0 Å². The average Bonchev–Trinajstić information content (AvgIpc) is 2.74. The first-order valence-corrected chi connectivity index (χ1v) is 8.89. The smallest absolute Gasteiger partial charge is 0.0991 e. The minimum Gasteiger partial charge on any atom is -0.291 e. The molecule has 4 heteroatoms. The molecular formula is C24H18N4. The minimum atomic E-state index is 0.635. The van der Waals surface area contributed by atoms with Gasteiger partial charge in [-0.1, -0.05) is 36.4 Å². The highest BCUT2D eigenvalue weighted by atomic mass is 15.1. The number of benzene rings is 3. The Morgan fingerprint density at radius 3 is 1.14 bits per heavy atom. The fourth-order valence-electron chi connectivity index (χ4n) is 3.16. The van der Waals surface area contributed by atoms with Crippen molar-refractivity contribution >= 4 is 0 Å². The molecule has 0 atom stereocenters. The van der Waals surface area contributed by atoms with E-state index in [4.69, 9.17) is 15.8 Å². The van der Waals surface area contributed by atoms with Crippen LogP contribution in [0.2, 0.25) is 0 Å². The van der Waals surface area contributed by atoms with E-state index < -0.39 is 0 Å². The van der Waals surface area contributed by atoms with Crippen LogP contribution in [-0.4, -0.2) is 4.90 Å². The standard InChI is InChI=1S/C24H18N4/c25-13-19-4-1-7-22(10-19)16-28(17-23-8-2-5-20(11-23)14-26)18-24-9-3-6-21(12-24)15-27/h1-12H,16-18H2. The molecule has 134 valence electrons. The summed E-state index contributed by atoms with van der Waals surface area (Å²) in [4.78, 5) is 2.24. The maximum Gasteiger partial charge on any atom is 0.0991 e. The van der Waals surface area contributed by atoms with Crippen LogP contribution in [0.3, 0.4) is 0 Å². The Balaban J connectivity index is 1.87. The van der Waals surface area contributed by atoms with Crippen LogP contribution in [-0.2, 0) is 19.6 Å². The lowest BCUT2D eigenvalue weighted by atomic mass is 10.1. The molecular weight excluding hydrogens is 344 g/mol. The van der Waals surface area contributed by atoms with Gasteiger partial charge in [0.05, 0.1) is 34.9 Å². The van der Waals surface area contributed by atoms with Crippen LogP contribution in [0.5, 0.6) is 0 Å². The Hall–Kier alpha value is -3.91. The molecule has 0 saturated heterocycles. The largest absolute Gasteiger partial charge is 0.291 e. The summed E-state index contributed by atoms with van der Waals surface area (Å²) in [5.74, 6) is 0. The molecule has 0 saturated carbocycles. The van der Waals surface area contributed by atoms with E-state index in [1.54, 1.807) is 18.2 Å². The molecule has 0 fully saturated rings. The molecule has 0 bridgehead atoms. The van der Waals surface area contributed by atoms with Gasteiger partial charge in [-0.3, -0.25) is 4.90 Å². The van der Waals surface area contributed by atoms with Gasteiger partial charge in [0.25, 0.3) is 0 Å². The van der Waals surface area contributed by atoms with Crippen LogP contribution in [0.1, 0.15) is 33.4 Å². The van der Waals surface area contributed by atoms with Gasteiger partial charge in [-0.25, -0.2) is 0 Å². The lowest BCUT2D eigenvalue weighted by molar-refractivity contribution is 0.247. The fourth-order valence-corrected chi connectivity index (χ4v) is 3.16. The Morgan fingerprint density at radius 2 is 0.857 bits per heavy atom. The van der Waals surface area contributed by atoms with E-state index >= 15 is 0 Å². The van der Waals surface area contributed by atoms with Gasteiger partial charge in [-0.2, -0.15) is 15.8 Å². The van der Waals surface area contributed by atoms with Crippen LogP contribution in [0.25, 0.3) is 0 Å². The summed E-state index contributed by atoms with van der Waals surface area (Å²) >= 11 is 0. The summed E-state index contributed by atoms with van der Waals surface area (Å²) in [6.45, 7) is 1.97. The van der Waals surface area contributed by atoms with Crippen molar-refractivity contribution in [1.29, 1.82) is 15.8 Å². The average molecular weight is 362 g/mol. The molecule has 0 heterocycles. The lowest BCUT2D eigenvalue weighted by Gasteiger charge is -2.23. The van der Waals surface area contributed by atoms with E-state index in [-0.39, 0.29) is 0 Å². The first-order chi connectivity index (χ1) is 13.7. The van der Waals surface area contributed by atoms with Crippen LogP contribution in [0.15, 0.2) is 72.8 Å². The third-order valence-electron chi connectivity index (χ3n) is 4.39. The third-order valence-corrected chi connectivity index (χ3v) is 4.39. The Morgan fingerprint density at radius 1 is 0.536 bits per heavy atom. The van der Waals surface area contributed by atoms with E-state index in [9.17, 15) is 0 Å². The fraction of sp³-hybridized carbons (Fsp3) is 0.125. The van der Waals surface area contributed by atoms with Crippen LogP contribution in [0.4, 0.5) is 0 Å². The number of hydrogen-bond acceptors (Lipinski definition) is 4. The zero-order valence-electron chi connectivity index (χ0n) is 15.3. The van der Waals surface area contributed by atoms with Crippen molar-refractivity contribution in [2.24, 2.45) is 0 Å². The van der Waals surface area contributed by atoms with E-state index in [1.165, 1.54) is 0 Å². The second-order valence-electron chi connectivity index (χ2n) is 6.58. The van der Waals surface area contributed by atoms with Gasteiger partial charge in [0.15, 0.2) is 0 Å². The lowest BCUT2D eigenvalue weighted by Crippen LogP contribution is -2.22. The molecule has 0 amide bonds. The Kier molecular flexibility index (Phi) is 6.17. The van der Waals surface area contributed by atoms with Crippen molar-refractivity contribution in [2.75, 3.05) is 0 Å². The zero-order chi connectivity index (χ0) is 19.8. The molecule has 3 rings (SSSR count). The number of rotatable bonds is 6. The number of nitrogens with zero attached hydrogens (tertiary/aromatic N) is 4. The van der Waals surface area contributed by atoms with Gasteiger partial charge >= 0.3 is 0 Å². The van der Waals surface area contributed by atoms with Gasteiger partial charge in [0.1, 0.15) is 0 Å². The topological polar surface area (TPSA) is 74.6 Å². The highest BCUT2D eigenvalue weighted by Gasteiger charge is 2.10. The van der Waals surface area contributed by atoms with Crippen LogP contribution >= 0.6 is 0 Å². The van der Waals surface area contributed by atoms with Gasteiger partial charge < -0.3 is 0 Å². The number of hydrogen-bond donors (Lipinski definition) is 0. The molecule has 0 aliphatic heterocycles. The molecule has 0 N–H and O–H groups in total. The van der Waals surface area contributed by atoms with Gasteiger partial charge in [-0.15, -0.1) is 0 Å². The van der Waals surface area contributed by atoms with Crippen molar-refractivity contribution in [2.45, 2.75) is 19.6 Å². The normalized spacial score (nSPS) is 10.1. The van der Waals surface area contributed by atoms with Crippen molar-refractivity contribution in [1.82, 2.24) is 4.90 Å². The van der Waals surface area contributed by atoms with E-state index in [0.29, 0.717) is 36.3 Å². The van der Waals surface area contributed by atoms with Crippen LogP contribution in [0, 0.1) is 34.0 Å². The molecule has 0 radical (unpaired) electrons. The molecule has 3 aromatic carbocycles. The predicted molar refractivity (Wildman–Crippen MR) is 106 cm³/mol. The summed E-state index contributed by atoms with van der Waals surface area (Å²) in [6, 6.07) is 29.3. The van der Waals surface area contributed by atoms with E-state index in [2.05, 4.69) is 23.1 Å². The maximum atomic E-state index is 9.16. The zero-order valence-corrected chi connectivity index (χ0v) is 15.3. The monoisotopic (exact) mass is 362 g/mol. The van der Waals surface area contributed by atoms with E-state index in [0.717, 1.165) is 16.7 Å².